The predicted molar refractivity (Wildman–Crippen MR) is 72.8 cm³/mol. The number of hydrogen-bond acceptors (Lipinski definition) is 4. The lowest BCUT2D eigenvalue weighted by atomic mass is 9.85. The number of rotatable bonds is 3. The van der Waals surface area contributed by atoms with Crippen molar-refractivity contribution in [3.63, 3.8) is 0 Å². The van der Waals surface area contributed by atoms with Crippen molar-refractivity contribution in [1.82, 2.24) is 4.98 Å². The Labute approximate surface area is 110 Å². The predicted octanol–water partition coefficient (Wildman–Crippen LogP) is 2.39. The quantitative estimate of drug-likeness (QED) is 0.801. The molecule has 0 bridgehead atoms. The van der Waals surface area contributed by atoms with Gasteiger partial charge in [0.05, 0.1) is 22.0 Å². The summed E-state index contributed by atoms with van der Waals surface area (Å²) in [4.78, 5) is 4.02. The van der Waals surface area contributed by atoms with E-state index in [0.29, 0.717) is 17.6 Å². The third kappa shape index (κ3) is 2.90. The Hall–Kier alpha value is -0.810. The standard InChI is InChI=1S/C12H18BrN3O/c13-9-5-15-6-10(14)12(9)16-11-4-2-1-3-8(11)7-17/h5-6,8,11,17H,1-4,7,14H2,(H,15,16). The molecule has 1 aromatic rings. The molecule has 4 N–H and O–H groups in total. The molecule has 1 aliphatic rings. The van der Waals surface area contributed by atoms with Crippen molar-refractivity contribution >= 4 is 27.3 Å². The number of nitrogens with zero attached hydrogens (tertiary/aromatic N) is 1. The fourth-order valence-corrected chi connectivity index (χ4v) is 2.87. The van der Waals surface area contributed by atoms with E-state index >= 15 is 0 Å². The molecule has 1 aliphatic carbocycles. The zero-order valence-electron chi connectivity index (χ0n) is 9.69. The van der Waals surface area contributed by atoms with Gasteiger partial charge in [-0.2, -0.15) is 0 Å². The number of aliphatic hydroxyl groups is 1. The zero-order valence-corrected chi connectivity index (χ0v) is 11.3. The van der Waals surface area contributed by atoms with E-state index in [9.17, 15) is 5.11 Å². The molecule has 1 aromatic heterocycles. The molecular weight excluding hydrogens is 282 g/mol. The van der Waals surface area contributed by atoms with E-state index in [1.165, 1.54) is 12.8 Å². The molecule has 1 fully saturated rings. The van der Waals surface area contributed by atoms with E-state index in [1.54, 1.807) is 12.4 Å². The van der Waals surface area contributed by atoms with Crippen LogP contribution in [0.4, 0.5) is 11.4 Å². The number of aliphatic hydroxyl groups excluding tert-OH is 1. The molecule has 2 rings (SSSR count). The van der Waals surface area contributed by atoms with Crippen LogP contribution in [0.5, 0.6) is 0 Å². The molecule has 94 valence electrons. The van der Waals surface area contributed by atoms with Gasteiger partial charge in [0.25, 0.3) is 0 Å². The second-order valence-electron chi connectivity index (χ2n) is 4.56. The van der Waals surface area contributed by atoms with Gasteiger partial charge in [-0.05, 0) is 28.8 Å². The number of anilines is 2. The molecule has 1 heterocycles. The smallest absolute Gasteiger partial charge is 0.0752 e. The van der Waals surface area contributed by atoms with E-state index in [0.717, 1.165) is 23.0 Å². The summed E-state index contributed by atoms with van der Waals surface area (Å²) in [5, 5.41) is 12.8. The van der Waals surface area contributed by atoms with Crippen molar-refractivity contribution in [1.29, 1.82) is 0 Å². The van der Waals surface area contributed by atoms with Crippen LogP contribution in [0.25, 0.3) is 0 Å². The van der Waals surface area contributed by atoms with Gasteiger partial charge >= 0.3 is 0 Å². The Bertz CT molecular complexity index is 366. The SMILES string of the molecule is Nc1cncc(Br)c1NC1CCCCC1CO. The van der Waals surface area contributed by atoms with Crippen LogP contribution in [0.15, 0.2) is 16.9 Å². The summed E-state index contributed by atoms with van der Waals surface area (Å²) < 4.78 is 0.875. The average Bonchev–Trinajstić information content (AvgIpc) is 2.34. The monoisotopic (exact) mass is 299 g/mol. The highest BCUT2D eigenvalue weighted by Gasteiger charge is 2.25. The number of nitrogen functional groups attached to an aromatic ring is 1. The minimum Gasteiger partial charge on any atom is -0.396 e. The van der Waals surface area contributed by atoms with Crippen LogP contribution in [0.2, 0.25) is 0 Å². The molecule has 0 amide bonds. The number of pyridine rings is 1. The topological polar surface area (TPSA) is 71.2 Å². The summed E-state index contributed by atoms with van der Waals surface area (Å²) in [6.45, 7) is 0.236. The number of nitrogens with one attached hydrogen (secondary N) is 1. The normalized spacial score (nSPS) is 24.6. The summed E-state index contributed by atoms with van der Waals surface area (Å²) >= 11 is 3.45. The van der Waals surface area contributed by atoms with Crippen molar-refractivity contribution in [3.8, 4) is 0 Å². The summed E-state index contributed by atoms with van der Waals surface area (Å²) in [6, 6.07) is 0.301. The molecule has 0 spiro atoms. The van der Waals surface area contributed by atoms with Crippen LogP contribution < -0.4 is 11.1 Å². The van der Waals surface area contributed by atoms with Crippen molar-refractivity contribution in [2.45, 2.75) is 31.7 Å². The van der Waals surface area contributed by atoms with Crippen molar-refractivity contribution in [2.75, 3.05) is 17.7 Å². The van der Waals surface area contributed by atoms with Crippen LogP contribution in [0.3, 0.4) is 0 Å². The van der Waals surface area contributed by atoms with Gasteiger partial charge in [-0.3, -0.25) is 4.98 Å². The highest BCUT2D eigenvalue weighted by molar-refractivity contribution is 9.10. The van der Waals surface area contributed by atoms with Crippen molar-refractivity contribution < 1.29 is 5.11 Å². The lowest BCUT2D eigenvalue weighted by Gasteiger charge is -2.32. The molecule has 4 nitrogen and oxygen atoms in total. The Morgan fingerprint density at radius 3 is 2.88 bits per heavy atom. The number of halogens is 1. The van der Waals surface area contributed by atoms with Gasteiger partial charge in [-0.25, -0.2) is 0 Å². The van der Waals surface area contributed by atoms with Gasteiger partial charge in [0.2, 0.25) is 0 Å². The maximum Gasteiger partial charge on any atom is 0.0752 e. The highest BCUT2D eigenvalue weighted by Crippen LogP contribution is 2.32. The molecule has 0 aliphatic heterocycles. The third-order valence-electron chi connectivity index (χ3n) is 3.40. The third-order valence-corrected chi connectivity index (χ3v) is 4.00. The first-order valence-electron chi connectivity index (χ1n) is 5.98. The second kappa shape index (κ2) is 5.69. The minimum atomic E-state index is 0.236. The van der Waals surface area contributed by atoms with Gasteiger partial charge < -0.3 is 16.2 Å². The maximum atomic E-state index is 9.38. The van der Waals surface area contributed by atoms with Crippen molar-refractivity contribution in [3.05, 3.63) is 16.9 Å². The zero-order chi connectivity index (χ0) is 12.3. The molecule has 2 atom stereocenters. The molecule has 0 radical (unpaired) electrons. The Morgan fingerprint density at radius 1 is 1.41 bits per heavy atom. The number of hydrogen-bond donors (Lipinski definition) is 3. The second-order valence-corrected chi connectivity index (χ2v) is 5.42. The van der Waals surface area contributed by atoms with E-state index in [-0.39, 0.29) is 6.61 Å². The molecule has 0 aromatic carbocycles. The maximum absolute atomic E-state index is 9.38. The van der Waals surface area contributed by atoms with Gasteiger partial charge in [0.1, 0.15) is 0 Å². The van der Waals surface area contributed by atoms with Crippen molar-refractivity contribution in [2.24, 2.45) is 5.92 Å². The molecule has 2 unspecified atom stereocenters. The number of aromatic nitrogens is 1. The molecule has 5 heteroatoms. The van der Waals surface area contributed by atoms with Crippen LogP contribution in [-0.2, 0) is 0 Å². The average molecular weight is 300 g/mol. The molecular formula is C12H18BrN3O. The van der Waals surface area contributed by atoms with Gasteiger partial charge in [-0.1, -0.05) is 12.8 Å². The first-order valence-corrected chi connectivity index (χ1v) is 6.78. The lowest BCUT2D eigenvalue weighted by molar-refractivity contribution is 0.178. The van der Waals surface area contributed by atoms with E-state index in [2.05, 4.69) is 26.2 Å². The Kier molecular flexibility index (Phi) is 4.23. The minimum absolute atomic E-state index is 0.236. The van der Waals surface area contributed by atoms with Crippen LogP contribution in [0.1, 0.15) is 25.7 Å². The van der Waals surface area contributed by atoms with E-state index < -0.39 is 0 Å². The fourth-order valence-electron chi connectivity index (χ4n) is 2.40. The summed E-state index contributed by atoms with van der Waals surface area (Å²) in [5.74, 6) is 0.322. The van der Waals surface area contributed by atoms with Gasteiger partial charge in [0, 0.05) is 24.8 Å². The Balaban J connectivity index is 2.13. The first-order chi connectivity index (χ1) is 8.22. The first kappa shape index (κ1) is 12.6. The van der Waals surface area contributed by atoms with Gasteiger partial charge in [-0.15, -0.1) is 0 Å². The van der Waals surface area contributed by atoms with E-state index in [4.69, 9.17) is 5.73 Å². The largest absolute Gasteiger partial charge is 0.396 e. The number of nitrogens with two attached hydrogens (primary N) is 1. The summed E-state index contributed by atoms with van der Waals surface area (Å²) in [5.41, 5.74) is 7.44. The summed E-state index contributed by atoms with van der Waals surface area (Å²) in [7, 11) is 0. The summed E-state index contributed by atoms with van der Waals surface area (Å²) in [6.07, 6.45) is 7.95. The van der Waals surface area contributed by atoms with E-state index in [1.807, 2.05) is 0 Å². The van der Waals surface area contributed by atoms with Crippen LogP contribution in [0, 0.1) is 5.92 Å². The lowest BCUT2D eigenvalue weighted by Crippen LogP contribution is -2.34. The molecule has 1 saturated carbocycles. The Morgan fingerprint density at radius 2 is 2.18 bits per heavy atom. The van der Waals surface area contributed by atoms with Crippen LogP contribution in [-0.4, -0.2) is 22.7 Å². The molecule has 0 saturated heterocycles. The highest BCUT2D eigenvalue weighted by atomic mass is 79.9. The fraction of sp³-hybridized carbons (Fsp3) is 0.583. The molecule has 17 heavy (non-hydrogen) atoms. The van der Waals surface area contributed by atoms with Gasteiger partial charge in [0.15, 0.2) is 0 Å². The van der Waals surface area contributed by atoms with Crippen LogP contribution >= 0.6 is 15.9 Å².